The van der Waals surface area contributed by atoms with Crippen LogP contribution in [0.15, 0.2) is 48.5 Å². The van der Waals surface area contributed by atoms with Crippen molar-refractivity contribution in [2.75, 3.05) is 13.2 Å². The van der Waals surface area contributed by atoms with E-state index in [0.29, 0.717) is 6.42 Å². The van der Waals surface area contributed by atoms with Gasteiger partial charge in [-0.3, -0.25) is 9.59 Å². The van der Waals surface area contributed by atoms with Gasteiger partial charge in [0.15, 0.2) is 0 Å². The van der Waals surface area contributed by atoms with Crippen LogP contribution in [0, 0.1) is 5.92 Å². The van der Waals surface area contributed by atoms with E-state index >= 15 is 0 Å². The SMILES string of the molecule is CC(NC(=O)OCC1c2ccccc2-c2ccccc21)C(C)C(=O)NCCCC(=O)O. The van der Waals surface area contributed by atoms with Gasteiger partial charge >= 0.3 is 12.1 Å². The molecule has 2 aromatic carbocycles. The van der Waals surface area contributed by atoms with Gasteiger partial charge in [-0.15, -0.1) is 0 Å². The zero-order valence-corrected chi connectivity index (χ0v) is 17.8. The minimum atomic E-state index is -0.896. The Kier molecular flexibility index (Phi) is 7.28. The average Bonchev–Trinajstić information content (AvgIpc) is 3.08. The van der Waals surface area contributed by atoms with Crippen LogP contribution in [-0.4, -0.2) is 42.3 Å². The average molecular weight is 424 g/mol. The first kappa shape index (κ1) is 22.3. The number of aliphatic carboxylic acids is 1. The Morgan fingerprint density at radius 2 is 1.58 bits per heavy atom. The van der Waals surface area contributed by atoms with Crippen LogP contribution in [-0.2, 0) is 14.3 Å². The minimum Gasteiger partial charge on any atom is -0.481 e. The van der Waals surface area contributed by atoms with Crippen LogP contribution in [0.2, 0.25) is 0 Å². The Bertz CT molecular complexity index is 913. The number of rotatable bonds is 9. The molecule has 1 aliphatic rings. The molecule has 2 aromatic rings. The number of ether oxygens (including phenoxy) is 1. The highest BCUT2D eigenvalue weighted by Gasteiger charge is 2.29. The molecule has 0 aliphatic heterocycles. The molecule has 2 atom stereocenters. The molecular formula is C24H28N2O5. The molecule has 7 nitrogen and oxygen atoms in total. The standard InChI is InChI=1S/C24H28N2O5/c1-15(23(29)25-13-7-12-22(27)28)16(2)26-24(30)31-14-21-19-10-5-3-8-17(19)18-9-4-6-11-20(18)21/h3-6,8-11,15-16,21H,7,12-14H2,1-2H3,(H,25,29)(H,26,30)(H,27,28). The molecule has 3 rings (SSSR count). The highest BCUT2D eigenvalue weighted by atomic mass is 16.5. The maximum Gasteiger partial charge on any atom is 0.407 e. The van der Waals surface area contributed by atoms with Crippen molar-refractivity contribution in [2.45, 2.75) is 38.6 Å². The first-order valence-corrected chi connectivity index (χ1v) is 10.5. The van der Waals surface area contributed by atoms with Crippen molar-refractivity contribution in [3.63, 3.8) is 0 Å². The summed E-state index contributed by atoms with van der Waals surface area (Å²) in [6.45, 7) is 3.94. The summed E-state index contributed by atoms with van der Waals surface area (Å²) in [5.74, 6) is -1.64. The van der Waals surface area contributed by atoms with Crippen molar-refractivity contribution >= 4 is 18.0 Å². The van der Waals surface area contributed by atoms with E-state index in [9.17, 15) is 14.4 Å². The molecule has 0 saturated carbocycles. The molecule has 2 amide bonds. The number of nitrogens with one attached hydrogen (secondary N) is 2. The van der Waals surface area contributed by atoms with Crippen LogP contribution < -0.4 is 10.6 Å². The molecule has 0 spiro atoms. The molecule has 3 N–H and O–H groups in total. The zero-order chi connectivity index (χ0) is 22.4. The third kappa shape index (κ3) is 5.42. The Balaban J connectivity index is 1.51. The van der Waals surface area contributed by atoms with Gasteiger partial charge in [0.05, 0.1) is 5.92 Å². The number of carboxylic acids is 1. The summed E-state index contributed by atoms with van der Waals surface area (Å²) < 4.78 is 5.52. The Labute approximate surface area is 181 Å². The number of carboxylic acid groups (broad SMARTS) is 1. The molecule has 0 aromatic heterocycles. The molecule has 0 fully saturated rings. The van der Waals surface area contributed by atoms with Crippen LogP contribution in [0.3, 0.4) is 0 Å². The van der Waals surface area contributed by atoms with Gasteiger partial charge in [-0.05, 0) is 35.6 Å². The molecule has 164 valence electrons. The normalized spacial score (nSPS) is 14.1. The lowest BCUT2D eigenvalue weighted by molar-refractivity contribution is -0.137. The number of fused-ring (bicyclic) bond motifs is 3. The van der Waals surface area contributed by atoms with Crippen LogP contribution in [0.5, 0.6) is 0 Å². The number of benzene rings is 2. The lowest BCUT2D eigenvalue weighted by atomic mass is 9.98. The van der Waals surface area contributed by atoms with Crippen molar-refractivity contribution in [1.82, 2.24) is 10.6 Å². The fourth-order valence-electron chi connectivity index (χ4n) is 3.79. The Morgan fingerprint density at radius 3 is 2.16 bits per heavy atom. The number of hydrogen-bond donors (Lipinski definition) is 3. The molecule has 31 heavy (non-hydrogen) atoms. The third-order valence-corrected chi connectivity index (χ3v) is 5.72. The quantitative estimate of drug-likeness (QED) is 0.534. The summed E-state index contributed by atoms with van der Waals surface area (Å²) in [5.41, 5.74) is 4.60. The molecule has 2 unspecified atom stereocenters. The van der Waals surface area contributed by atoms with Gasteiger partial charge in [0, 0.05) is 24.9 Å². The van der Waals surface area contributed by atoms with Crippen LogP contribution in [0.4, 0.5) is 4.79 Å². The lowest BCUT2D eigenvalue weighted by Gasteiger charge is -2.21. The summed E-state index contributed by atoms with van der Waals surface area (Å²) in [6.07, 6.45) is -0.204. The Hall–Kier alpha value is -3.35. The highest BCUT2D eigenvalue weighted by molar-refractivity contribution is 5.80. The van der Waals surface area contributed by atoms with Crippen molar-refractivity contribution in [3.05, 3.63) is 59.7 Å². The van der Waals surface area contributed by atoms with Gasteiger partial charge in [0.1, 0.15) is 6.61 Å². The van der Waals surface area contributed by atoms with Gasteiger partial charge < -0.3 is 20.5 Å². The number of carbonyl (C=O) groups is 3. The maximum atomic E-state index is 12.4. The monoisotopic (exact) mass is 424 g/mol. The zero-order valence-electron chi connectivity index (χ0n) is 17.8. The topological polar surface area (TPSA) is 105 Å². The van der Waals surface area contributed by atoms with Gasteiger partial charge in [-0.25, -0.2) is 4.79 Å². The first-order valence-electron chi connectivity index (χ1n) is 10.5. The number of carbonyl (C=O) groups excluding carboxylic acids is 2. The molecular weight excluding hydrogens is 396 g/mol. The fraction of sp³-hybridized carbons (Fsp3) is 0.375. The number of hydrogen-bond acceptors (Lipinski definition) is 4. The van der Waals surface area contributed by atoms with Gasteiger partial charge in [0.25, 0.3) is 0 Å². The second kappa shape index (κ2) is 10.1. The van der Waals surface area contributed by atoms with Gasteiger partial charge in [-0.1, -0.05) is 55.5 Å². The first-order chi connectivity index (χ1) is 14.9. The van der Waals surface area contributed by atoms with Crippen LogP contribution in [0.1, 0.15) is 43.7 Å². The maximum absolute atomic E-state index is 12.4. The minimum absolute atomic E-state index is 0.00220. The number of alkyl carbamates (subject to hydrolysis) is 1. The van der Waals surface area contributed by atoms with E-state index in [1.807, 2.05) is 24.3 Å². The molecule has 0 radical (unpaired) electrons. The van der Waals surface area contributed by atoms with Crippen molar-refractivity contribution < 1.29 is 24.2 Å². The molecule has 0 heterocycles. The molecule has 1 aliphatic carbocycles. The predicted molar refractivity (Wildman–Crippen MR) is 117 cm³/mol. The second-order valence-corrected chi connectivity index (χ2v) is 7.84. The summed E-state index contributed by atoms with van der Waals surface area (Å²) in [6, 6.07) is 15.8. The lowest BCUT2D eigenvalue weighted by Crippen LogP contribution is -2.44. The summed E-state index contributed by atoms with van der Waals surface area (Å²) in [7, 11) is 0. The van der Waals surface area contributed by atoms with E-state index in [4.69, 9.17) is 9.84 Å². The van der Waals surface area contributed by atoms with Crippen molar-refractivity contribution in [1.29, 1.82) is 0 Å². The van der Waals surface area contributed by atoms with E-state index in [2.05, 4.69) is 34.9 Å². The number of amides is 2. The van der Waals surface area contributed by atoms with E-state index in [-0.39, 0.29) is 31.4 Å². The predicted octanol–water partition coefficient (Wildman–Crippen LogP) is 3.53. The largest absolute Gasteiger partial charge is 0.481 e. The van der Waals surface area contributed by atoms with Gasteiger partial charge in [0.2, 0.25) is 5.91 Å². The smallest absolute Gasteiger partial charge is 0.407 e. The van der Waals surface area contributed by atoms with Gasteiger partial charge in [-0.2, -0.15) is 0 Å². The van der Waals surface area contributed by atoms with Crippen LogP contribution in [0.25, 0.3) is 11.1 Å². The third-order valence-electron chi connectivity index (χ3n) is 5.72. The molecule has 0 bridgehead atoms. The Morgan fingerprint density at radius 1 is 1.00 bits per heavy atom. The van der Waals surface area contributed by atoms with E-state index in [1.54, 1.807) is 13.8 Å². The summed E-state index contributed by atoms with van der Waals surface area (Å²) in [4.78, 5) is 35.1. The van der Waals surface area contributed by atoms with Crippen LogP contribution >= 0.6 is 0 Å². The van der Waals surface area contributed by atoms with E-state index in [0.717, 1.165) is 22.3 Å². The fourth-order valence-corrected chi connectivity index (χ4v) is 3.79. The highest BCUT2D eigenvalue weighted by Crippen LogP contribution is 2.44. The summed E-state index contributed by atoms with van der Waals surface area (Å²) in [5, 5.41) is 14.1. The van der Waals surface area contributed by atoms with Crippen molar-refractivity contribution in [3.8, 4) is 11.1 Å². The summed E-state index contributed by atoms with van der Waals surface area (Å²) >= 11 is 0. The molecule has 0 saturated heterocycles. The second-order valence-electron chi connectivity index (χ2n) is 7.84. The molecule has 7 heteroatoms. The van der Waals surface area contributed by atoms with Crippen molar-refractivity contribution in [2.24, 2.45) is 5.92 Å². The van der Waals surface area contributed by atoms with E-state index in [1.165, 1.54) is 0 Å². The van der Waals surface area contributed by atoms with E-state index < -0.39 is 24.0 Å².